The molecule has 0 bridgehead atoms. The van der Waals surface area contributed by atoms with Crippen LogP contribution < -0.4 is 11.1 Å². The molecule has 0 heterocycles. The highest BCUT2D eigenvalue weighted by atomic mass is 16.5. The molecule has 6 heteroatoms. The summed E-state index contributed by atoms with van der Waals surface area (Å²) in [5.41, 5.74) is 4.66. The molecule has 0 aliphatic carbocycles. The number of amides is 1. The number of esters is 1. The van der Waals surface area contributed by atoms with Crippen molar-refractivity contribution in [3.8, 4) is 0 Å². The van der Waals surface area contributed by atoms with Gasteiger partial charge in [0, 0.05) is 20.2 Å². The van der Waals surface area contributed by atoms with Gasteiger partial charge >= 0.3 is 5.97 Å². The van der Waals surface area contributed by atoms with Gasteiger partial charge in [0.05, 0.1) is 25.0 Å². The Morgan fingerprint density at radius 1 is 1.35 bits per heavy atom. The van der Waals surface area contributed by atoms with E-state index in [2.05, 4.69) is 10.1 Å². The first-order valence-electron chi connectivity index (χ1n) is 5.45. The molecule has 6 nitrogen and oxygen atoms in total. The standard InChI is InChI=1S/C11H22N2O4/c1-11(2,10(15)17-4)7-13-9(14)5-8(6-12)16-3/h8H,5-7,12H2,1-4H3,(H,13,14). The van der Waals surface area contributed by atoms with Gasteiger partial charge in [-0.15, -0.1) is 0 Å². The summed E-state index contributed by atoms with van der Waals surface area (Å²) in [4.78, 5) is 22.9. The van der Waals surface area contributed by atoms with Gasteiger partial charge in [-0.2, -0.15) is 0 Å². The molecular formula is C11H22N2O4. The predicted molar refractivity (Wildman–Crippen MR) is 63.3 cm³/mol. The normalized spacial score (nSPS) is 13.0. The summed E-state index contributed by atoms with van der Waals surface area (Å²) in [6.45, 7) is 3.91. The molecule has 1 atom stereocenters. The average molecular weight is 246 g/mol. The van der Waals surface area contributed by atoms with Crippen molar-refractivity contribution in [2.45, 2.75) is 26.4 Å². The van der Waals surface area contributed by atoms with Crippen LogP contribution in [-0.2, 0) is 19.1 Å². The third-order valence-corrected chi connectivity index (χ3v) is 2.47. The summed E-state index contributed by atoms with van der Waals surface area (Å²) in [5.74, 6) is -0.556. The molecule has 0 radical (unpaired) electrons. The monoisotopic (exact) mass is 246 g/mol. The topological polar surface area (TPSA) is 90.7 Å². The molecular weight excluding hydrogens is 224 g/mol. The van der Waals surface area contributed by atoms with Crippen LogP contribution in [-0.4, -0.2) is 45.3 Å². The number of nitrogens with one attached hydrogen (secondary N) is 1. The largest absolute Gasteiger partial charge is 0.469 e. The molecule has 0 aliphatic rings. The van der Waals surface area contributed by atoms with Crippen molar-refractivity contribution < 1.29 is 19.1 Å². The quantitative estimate of drug-likeness (QED) is 0.600. The van der Waals surface area contributed by atoms with Gasteiger partial charge in [0.1, 0.15) is 0 Å². The van der Waals surface area contributed by atoms with Gasteiger partial charge in [0.15, 0.2) is 0 Å². The van der Waals surface area contributed by atoms with Crippen LogP contribution in [0, 0.1) is 5.41 Å². The molecule has 0 saturated heterocycles. The van der Waals surface area contributed by atoms with Crippen LogP contribution in [0.15, 0.2) is 0 Å². The smallest absolute Gasteiger partial charge is 0.313 e. The molecule has 0 spiro atoms. The van der Waals surface area contributed by atoms with Crippen molar-refractivity contribution >= 4 is 11.9 Å². The maximum atomic E-state index is 11.5. The molecule has 100 valence electrons. The molecule has 0 aliphatic heterocycles. The maximum Gasteiger partial charge on any atom is 0.313 e. The average Bonchev–Trinajstić information content (AvgIpc) is 2.32. The minimum Gasteiger partial charge on any atom is -0.469 e. The van der Waals surface area contributed by atoms with Crippen LogP contribution >= 0.6 is 0 Å². The summed E-state index contributed by atoms with van der Waals surface area (Å²) in [6.07, 6.45) is -0.110. The highest BCUT2D eigenvalue weighted by Crippen LogP contribution is 2.15. The molecule has 17 heavy (non-hydrogen) atoms. The van der Waals surface area contributed by atoms with Gasteiger partial charge in [0.2, 0.25) is 5.91 Å². The summed E-state index contributed by atoms with van der Waals surface area (Å²) in [6, 6.07) is 0. The highest BCUT2D eigenvalue weighted by Gasteiger charge is 2.29. The Balaban J connectivity index is 4.11. The first-order chi connectivity index (χ1) is 7.87. The van der Waals surface area contributed by atoms with E-state index < -0.39 is 5.41 Å². The van der Waals surface area contributed by atoms with Crippen LogP contribution in [0.4, 0.5) is 0 Å². The number of rotatable bonds is 7. The Morgan fingerprint density at radius 3 is 2.35 bits per heavy atom. The zero-order valence-corrected chi connectivity index (χ0v) is 10.9. The van der Waals surface area contributed by atoms with Crippen molar-refractivity contribution in [2.75, 3.05) is 27.3 Å². The molecule has 0 aromatic rings. The van der Waals surface area contributed by atoms with Crippen molar-refractivity contribution in [3.05, 3.63) is 0 Å². The first-order valence-corrected chi connectivity index (χ1v) is 5.45. The number of hydrogen-bond acceptors (Lipinski definition) is 5. The van der Waals surface area contributed by atoms with Crippen molar-refractivity contribution in [3.63, 3.8) is 0 Å². The minimum atomic E-state index is -0.740. The van der Waals surface area contributed by atoms with Gasteiger partial charge in [-0.25, -0.2) is 0 Å². The molecule has 0 fully saturated rings. The lowest BCUT2D eigenvalue weighted by molar-refractivity contribution is -0.150. The van der Waals surface area contributed by atoms with Crippen LogP contribution in [0.25, 0.3) is 0 Å². The Kier molecular flexibility index (Phi) is 6.75. The van der Waals surface area contributed by atoms with Crippen LogP contribution in [0.2, 0.25) is 0 Å². The molecule has 1 unspecified atom stereocenters. The van der Waals surface area contributed by atoms with E-state index in [1.165, 1.54) is 14.2 Å². The van der Waals surface area contributed by atoms with Gasteiger partial charge in [-0.1, -0.05) is 0 Å². The van der Waals surface area contributed by atoms with Crippen molar-refractivity contribution in [1.82, 2.24) is 5.32 Å². The third kappa shape index (κ3) is 5.65. The molecule has 0 saturated carbocycles. The third-order valence-electron chi connectivity index (χ3n) is 2.47. The van der Waals surface area contributed by atoms with Gasteiger partial charge in [0.25, 0.3) is 0 Å². The van der Waals surface area contributed by atoms with Gasteiger partial charge in [-0.05, 0) is 13.8 Å². The Morgan fingerprint density at radius 2 is 1.94 bits per heavy atom. The number of ether oxygens (including phenoxy) is 2. The number of methoxy groups -OCH3 is 2. The number of nitrogens with two attached hydrogens (primary N) is 1. The van der Waals surface area contributed by atoms with Crippen LogP contribution in [0.5, 0.6) is 0 Å². The molecule has 0 aromatic heterocycles. The second-order valence-corrected chi connectivity index (χ2v) is 4.45. The van der Waals surface area contributed by atoms with E-state index in [9.17, 15) is 9.59 Å². The summed E-state index contributed by atoms with van der Waals surface area (Å²) < 4.78 is 9.63. The van der Waals surface area contributed by atoms with Gasteiger partial charge < -0.3 is 20.5 Å². The number of carbonyl (C=O) groups excluding carboxylic acids is 2. The fraction of sp³-hybridized carbons (Fsp3) is 0.818. The maximum absolute atomic E-state index is 11.5. The fourth-order valence-electron chi connectivity index (χ4n) is 1.21. The predicted octanol–water partition coefficient (Wildman–Crippen LogP) is -0.334. The van der Waals surface area contributed by atoms with Crippen molar-refractivity contribution in [1.29, 1.82) is 0 Å². The Labute approximate surface area is 102 Å². The van der Waals surface area contributed by atoms with E-state index in [0.717, 1.165) is 0 Å². The van der Waals surface area contributed by atoms with Crippen LogP contribution in [0.3, 0.4) is 0 Å². The summed E-state index contributed by atoms with van der Waals surface area (Å²) in [7, 11) is 2.82. The number of hydrogen-bond donors (Lipinski definition) is 2. The van der Waals surface area contributed by atoms with E-state index in [0.29, 0.717) is 0 Å². The van der Waals surface area contributed by atoms with E-state index in [1.54, 1.807) is 13.8 Å². The molecule has 0 aromatic carbocycles. The Hall–Kier alpha value is -1.14. The first kappa shape index (κ1) is 15.9. The molecule has 1 amide bonds. The summed E-state index contributed by atoms with van der Waals surface area (Å²) >= 11 is 0. The van der Waals surface area contributed by atoms with E-state index in [4.69, 9.17) is 10.5 Å². The zero-order valence-electron chi connectivity index (χ0n) is 10.9. The van der Waals surface area contributed by atoms with E-state index in [-0.39, 0.29) is 37.5 Å². The summed E-state index contributed by atoms with van der Waals surface area (Å²) in [5, 5.41) is 2.66. The Bertz CT molecular complexity index is 262. The van der Waals surface area contributed by atoms with E-state index >= 15 is 0 Å². The van der Waals surface area contributed by atoms with Crippen LogP contribution in [0.1, 0.15) is 20.3 Å². The second-order valence-electron chi connectivity index (χ2n) is 4.45. The second kappa shape index (κ2) is 7.24. The lowest BCUT2D eigenvalue weighted by Crippen LogP contribution is -2.41. The highest BCUT2D eigenvalue weighted by molar-refractivity contribution is 5.79. The van der Waals surface area contributed by atoms with Crippen molar-refractivity contribution in [2.24, 2.45) is 11.1 Å². The van der Waals surface area contributed by atoms with Gasteiger partial charge in [-0.3, -0.25) is 9.59 Å². The molecule has 0 rings (SSSR count). The lowest BCUT2D eigenvalue weighted by atomic mass is 9.93. The zero-order chi connectivity index (χ0) is 13.5. The fourth-order valence-corrected chi connectivity index (χ4v) is 1.21. The number of carbonyl (C=O) groups is 2. The lowest BCUT2D eigenvalue weighted by Gasteiger charge is -2.22. The minimum absolute atomic E-state index is 0.185. The SMILES string of the molecule is COC(=O)C(C)(C)CNC(=O)CC(CN)OC. The van der Waals surface area contributed by atoms with E-state index in [1.807, 2.05) is 0 Å². The molecule has 3 N–H and O–H groups in total.